The van der Waals surface area contributed by atoms with E-state index in [0.29, 0.717) is 23.8 Å². The third kappa shape index (κ3) is 5.07. The van der Waals surface area contributed by atoms with E-state index < -0.39 is 0 Å². The predicted octanol–water partition coefficient (Wildman–Crippen LogP) is 4.05. The summed E-state index contributed by atoms with van der Waals surface area (Å²) in [5.74, 6) is -0.259. The van der Waals surface area contributed by atoms with E-state index >= 15 is 0 Å². The zero-order valence-electron chi connectivity index (χ0n) is 14.8. The molecule has 25 heavy (non-hydrogen) atoms. The van der Waals surface area contributed by atoms with Gasteiger partial charge in [0.1, 0.15) is 6.54 Å². The first-order valence-corrected chi connectivity index (χ1v) is 8.66. The summed E-state index contributed by atoms with van der Waals surface area (Å²) in [6.07, 6.45) is 0. The molecule has 0 N–H and O–H groups in total. The molecule has 0 fully saturated rings. The number of amides is 2. The number of aryl methyl sites for hydroxylation is 1. The summed E-state index contributed by atoms with van der Waals surface area (Å²) in [4.78, 5) is 28.1. The molecule has 0 saturated heterocycles. The monoisotopic (exact) mass is 358 g/mol. The molecule has 0 aromatic heterocycles. The van der Waals surface area contributed by atoms with E-state index in [4.69, 9.17) is 11.6 Å². The lowest BCUT2D eigenvalue weighted by molar-refractivity contribution is -0.131. The quantitative estimate of drug-likeness (QED) is 0.781. The van der Waals surface area contributed by atoms with Crippen LogP contribution in [-0.4, -0.2) is 29.8 Å². The Kier molecular flexibility index (Phi) is 6.59. The number of benzene rings is 2. The van der Waals surface area contributed by atoms with Crippen molar-refractivity contribution in [1.82, 2.24) is 4.90 Å². The molecule has 0 radical (unpaired) electrons. The van der Waals surface area contributed by atoms with Crippen molar-refractivity contribution in [3.63, 3.8) is 0 Å². The largest absolute Gasteiger partial charge is 0.337 e. The van der Waals surface area contributed by atoms with Crippen molar-refractivity contribution in [2.24, 2.45) is 0 Å². The summed E-state index contributed by atoms with van der Waals surface area (Å²) in [6.45, 7) is 6.41. The Morgan fingerprint density at radius 1 is 1.08 bits per heavy atom. The van der Waals surface area contributed by atoms with Crippen molar-refractivity contribution in [2.75, 3.05) is 18.0 Å². The van der Waals surface area contributed by atoms with E-state index in [9.17, 15) is 9.59 Å². The molecule has 0 aliphatic rings. The van der Waals surface area contributed by atoms with Gasteiger partial charge in [-0.05, 0) is 43.2 Å². The van der Waals surface area contributed by atoms with E-state index in [1.807, 2.05) is 44.2 Å². The fourth-order valence-corrected chi connectivity index (χ4v) is 2.93. The first-order valence-electron chi connectivity index (χ1n) is 8.28. The van der Waals surface area contributed by atoms with Crippen LogP contribution in [-0.2, 0) is 16.1 Å². The number of halogens is 1. The third-order valence-electron chi connectivity index (χ3n) is 4.07. The van der Waals surface area contributed by atoms with Gasteiger partial charge in [0.25, 0.3) is 0 Å². The summed E-state index contributed by atoms with van der Waals surface area (Å²) in [6, 6.07) is 15.1. The van der Waals surface area contributed by atoms with E-state index in [1.165, 1.54) is 11.8 Å². The van der Waals surface area contributed by atoms with Crippen LogP contribution in [0.2, 0.25) is 5.02 Å². The van der Waals surface area contributed by atoms with Gasteiger partial charge < -0.3 is 9.80 Å². The van der Waals surface area contributed by atoms with Crippen LogP contribution in [0.15, 0.2) is 48.5 Å². The minimum atomic E-state index is -0.172. The van der Waals surface area contributed by atoms with Gasteiger partial charge in [0.05, 0.1) is 0 Å². The Bertz CT molecular complexity index is 747. The second-order valence-electron chi connectivity index (χ2n) is 5.93. The third-order valence-corrected chi connectivity index (χ3v) is 4.31. The van der Waals surface area contributed by atoms with Gasteiger partial charge in [-0.15, -0.1) is 0 Å². The van der Waals surface area contributed by atoms with Crippen LogP contribution in [0.5, 0.6) is 0 Å². The molecule has 0 unspecified atom stereocenters. The Labute approximate surface area is 154 Å². The molecule has 0 aliphatic carbocycles. The minimum Gasteiger partial charge on any atom is -0.337 e. The zero-order chi connectivity index (χ0) is 18.4. The maximum atomic E-state index is 12.8. The smallest absolute Gasteiger partial charge is 0.242 e. The number of rotatable bonds is 6. The molecule has 0 saturated carbocycles. The van der Waals surface area contributed by atoms with E-state index in [2.05, 4.69) is 0 Å². The first-order chi connectivity index (χ1) is 11.9. The lowest BCUT2D eigenvalue weighted by Gasteiger charge is -2.27. The highest BCUT2D eigenvalue weighted by atomic mass is 35.5. The molecular weight excluding hydrogens is 336 g/mol. The topological polar surface area (TPSA) is 40.6 Å². The number of likely N-dealkylation sites (N-methyl/N-ethyl adjacent to an activating group) is 1. The van der Waals surface area contributed by atoms with Gasteiger partial charge in [-0.2, -0.15) is 0 Å². The molecule has 2 amide bonds. The fourth-order valence-electron chi connectivity index (χ4n) is 2.70. The molecule has 132 valence electrons. The van der Waals surface area contributed by atoms with Gasteiger partial charge in [0.15, 0.2) is 0 Å². The molecule has 4 nitrogen and oxygen atoms in total. The van der Waals surface area contributed by atoms with E-state index in [-0.39, 0.29) is 18.4 Å². The summed E-state index contributed by atoms with van der Waals surface area (Å²) >= 11 is 5.99. The van der Waals surface area contributed by atoms with Gasteiger partial charge in [-0.1, -0.05) is 41.9 Å². The standard InChI is InChI=1S/C20H23ClN2O2/c1-4-22(13-17-8-6-5-7-9-17)20(25)14-23(16(3)24)19-11-10-18(21)12-15(19)2/h5-12H,4,13-14H2,1-3H3. The minimum absolute atomic E-state index is 0.0124. The summed E-state index contributed by atoms with van der Waals surface area (Å²) < 4.78 is 0. The Balaban J connectivity index is 2.17. The Morgan fingerprint density at radius 3 is 2.32 bits per heavy atom. The number of hydrogen-bond acceptors (Lipinski definition) is 2. The molecule has 2 aromatic rings. The van der Waals surface area contributed by atoms with Gasteiger partial charge in [-0.25, -0.2) is 0 Å². The summed E-state index contributed by atoms with van der Waals surface area (Å²) in [5.41, 5.74) is 2.64. The summed E-state index contributed by atoms with van der Waals surface area (Å²) in [5, 5.41) is 0.607. The van der Waals surface area contributed by atoms with Crippen molar-refractivity contribution < 1.29 is 9.59 Å². The SMILES string of the molecule is CCN(Cc1ccccc1)C(=O)CN(C(C)=O)c1ccc(Cl)cc1C. The fraction of sp³-hybridized carbons (Fsp3) is 0.300. The average Bonchev–Trinajstić information content (AvgIpc) is 2.58. The maximum absolute atomic E-state index is 12.8. The first kappa shape index (κ1) is 19.0. The Morgan fingerprint density at radius 2 is 1.76 bits per heavy atom. The molecule has 0 heterocycles. The Hall–Kier alpha value is -2.33. The van der Waals surface area contributed by atoms with Crippen LogP contribution >= 0.6 is 11.6 Å². The number of carbonyl (C=O) groups excluding carboxylic acids is 2. The lowest BCUT2D eigenvalue weighted by atomic mass is 10.1. The van der Waals surface area contributed by atoms with Crippen LogP contribution in [0.3, 0.4) is 0 Å². The van der Waals surface area contributed by atoms with Crippen LogP contribution in [0.4, 0.5) is 5.69 Å². The highest BCUT2D eigenvalue weighted by molar-refractivity contribution is 6.30. The molecule has 2 aromatic carbocycles. The molecule has 5 heteroatoms. The van der Waals surface area contributed by atoms with Gasteiger partial charge >= 0.3 is 0 Å². The highest BCUT2D eigenvalue weighted by Crippen LogP contribution is 2.24. The number of hydrogen-bond donors (Lipinski definition) is 0. The van der Waals surface area contributed by atoms with Crippen molar-refractivity contribution in [2.45, 2.75) is 27.3 Å². The van der Waals surface area contributed by atoms with Gasteiger partial charge in [-0.3, -0.25) is 9.59 Å². The maximum Gasteiger partial charge on any atom is 0.242 e. The number of carbonyl (C=O) groups is 2. The molecule has 0 bridgehead atoms. The van der Waals surface area contributed by atoms with E-state index in [0.717, 1.165) is 11.1 Å². The summed E-state index contributed by atoms with van der Waals surface area (Å²) in [7, 11) is 0. The van der Waals surface area contributed by atoms with Crippen LogP contribution in [0.25, 0.3) is 0 Å². The molecular formula is C20H23ClN2O2. The van der Waals surface area contributed by atoms with Gasteiger partial charge in [0, 0.05) is 30.7 Å². The number of anilines is 1. The lowest BCUT2D eigenvalue weighted by Crippen LogP contribution is -2.42. The normalized spacial score (nSPS) is 10.4. The number of nitrogens with zero attached hydrogens (tertiary/aromatic N) is 2. The van der Waals surface area contributed by atoms with Crippen molar-refractivity contribution in [3.8, 4) is 0 Å². The predicted molar refractivity (Wildman–Crippen MR) is 102 cm³/mol. The van der Waals surface area contributed by atoms with Crippen LogP contribution in [0.1, 0.15) is 25.0 Å². The van der Waals surface area contributed by atoms with Gasteiger partial charge in [0.2, 0.25) is 11.8 Å². The van der Waals surface area contributed by atoms with Crippen molar-refractivity contribution >= 4 is 29.1 Å². The molecule has 0 spiro atoms. The van der Waals surface area contributed by atoms with Crippen molar-refractivity contribution in [1.29, 1.82) is 0 Å². The zero-order valence-corrected chi connectivity index (χ0v) is 15.6. The highest BCUT2D eigenvalue weighted by Gasteiger charge is 2.21. The second kappa shape index (κ2) is 8.67. The van der Waals surface area contributed by atoms with E-state index in [1.54, 1.807) is 23.1 Å². The second-order valence-corrected chi connectivity index (χ2v) is 6.37. The van der Waals surface area contributed by atoms with Crippen LogP contribution < -0.4 is 4.90 Å². The average molecular weight is 359 g/mol. The molecule has 2 rings (SSSR count). The molecule has 0 aliphatic heterocycles. The van der Waals surface area contributed by atoms with Crippen LogP contribution in [0, 0.1) is 6.92 Å². The molecule has 0 atom stereocenters. The van der Waals surface area contributed by atoms with Crippen molar-refractivity contribution in [3.05, 3.63) is 64.7 Å².